The molecule has 0 amide bonds. The molecule has 0 bridgehead atoms. The third kappa shape index (κ3) is 2.26. The van der Waals surface area contributed by atoms with Gasteiger partial charge in [-0.05, 0) is 11.1 Å². The van der Waals surface area contributed by atoms with Gasteiger partial charge in [0.05, 0.1) is 25.8 Å². The van der Waals surface area contributed by atoms with Crippen LogP contribution < -0.4 is 4.74 Å². The van der Waals surface area contributed by atoms with Gasteiger partial charge in [0.15, 0.2) is 0 Å². The SMILES string of the molecule is COc1cncc(CC#N)c1-c1ccccc1. The summed E-state index contributed by atoms with van der Waals surface area (Å²) in [7, 11) is 1.61. The molecule has 1 heterocycles. The van der Waals surface area contributed by atoms with Crippen molar-refractivity contribution in [2.75, 3.05) is 7.11 Å². The van der Waals surface area contributed by atoms with Gasteiger partial charge < -0.3 is 4.74 Å². The number of rotatable bonds is 3. The van der Waals surface area contributed by atoms with E-state index in [0.29, 0.717) is 12.2 Å². The normalized spacial score (nSPS) is 9.65. The van der Waals surface area contributed by atoms with Crippen LogP contribution in [0.3, 0.4) is 0 Å². The predicted octanol–water partition coefficient (Wildman–Crippen LogP) is 2.82. The monoisotopic (exact) mass is 224 g/mol. The van der Waals surface area contributed by atoms with Gasteiger partial charge in [-0.3, -0.25) is 4.98 Å². The summed E-state index contributed by atoms with van der Waals surface area (Å²) < 4.78 is 5.31. The van der Waals surface area contributed by atoms with E-state index < -0.39 is 0 Å². The van der Waals surface area contributed by atoms with Crippen molar-refractivity contribution in [1.82, 2.24) is 4.98 Å². The lowest BCUT2D eigenvalue weighted by Gasteiger charge is -2.11. The second-order valence-corrected chi connectivity index (χ2v) is 3.58. The van der Waals surface area contributed by atoms with E-state index in [1.54, 1.807) is 19.5 Å². The van der Waals surface area contributed by atoms with E-state index in [0.717, 1.165) is 16.7 Å². The van der Waals surface area contributed by atoms with E-state index in [1.165, 1.54) is 0 Å². The molecule has 0 N–H and O–H groups in total. The van der Waals surface area contributed by atoms with Gasteiger partial charge in [-0.2, -0.15) is 5.26 Å². The first-order chi connectivity index (χ1) is 8.36. The van der Waals surface area contributed by atoms with Crippen molar-refractivity contribution in [3.63, 3.8) is 0 Å². The maximum Gasteiger partial charge on any atom is 0.145 e. The van der Waals surface area contributed by atoms with Crippen molar-refractivity contribution < 1.29 is 4.74 Å². The topological polar surface area (TPSA) is 45.9 Å². The van der Waals surface area contributed by atoms with Crippen LogP contribution >= 0.6 is 0 Å². The zero-order chi connectivity index (χ0) is 12.1. The van der Waals surface area contributed by atoms with E-state index in [1.807, 2.05) is 30.3 Å². The largest absolute Gasteiger partial charge is 0.494 e. The number of hydrogen-bond acceptors (Lipinski definition) is 3. The van der Waals surface area contributed by atoms with E-state index in [9.17, 15) is 0 Å². The van der Waals surface area contributed by atoms with Crippen molar-refractivity contribution in [2.24, 2.45) is 0 Å². The fraction of sp³-hybridized carbons (Fsp3) is 0.143. The Morgan fingerprint density at radius 3 is 2.65 bits per heavy atom. The molecule has 0 unspecified atom stereocenters. The van der Waals surface area contributed by atoms with Crippen molar-refractivity contribution >= 4 is 0 Å². The van der Waals surface area contributed by atoms with Gasteiger partial charge in [-0.25, -0.2) is 0 Å². The molecule has 3 heteroatoms. The highest BCUT2D eigenvalue weighted by molar-refractivity contribution is 5.73. The lowest BCUT2D eigenvalue weighted by Crippen LogP contribution is -1.95. The van der Waals surface area contributed by atoms with Gasteiger partial charge in [0.1, 0.15) is 5.75 Å². The first kappa shape index (κ1) is 11.2. The maximum absolute atomic E-state index is 8.84. The summed E-state index contributed by atoms with van der Waals surface area (Å²) in [6.07, 6.45) is 3.71. The number of ether oxygens (including phenoxy) is 1. The molecule has 1 aromatic heterocycles. The smallest absolute Gasteiger partial charge is 0.145 e. The minimum Gasteiger partial charge on any atom is -0.494 e. The summed E-state index contributed by atoms with van der Waals surface area (Å²) in [4.78, 5) is 4.08. The van der Waals surface area contributed by atoms with Crippen LogP contribution in [0.15, 0.2) is 42.7 Å². The van der Waals surface area contributed by atoms with E-state index in [2.05, 4.69) is 11.1 Å². The molecule has 0 radical (unpaired) electrons. The van der Waals surface area contributed by atoms with Crippen LogP contribution in [0.25, 0.3) is 11.1 Å². The molecule has 3 nitrogen and oxygen atoms in total. The number of nitriles is 1. The number of pyridine rings is 1. The molecule has 2 rings (SSSR count). The highest BCUT2D eigenvalue weighted by atomic mass is 16.5. The standard InChI is InChI=1S/C14H12N2O/c1-17-13-10-16-9-12(7-8-15)14(13)11-5-3-2-4-6-11/h2-6,9-10H,7H2,1H3. The fourth-order valence-corrected chi connectivity index (χ4v) is 1.79. The number of methoxy groups -OCH3 is 1. The van der Waals surface area contributed by atoms with Crippen molar-refractivity contribution in [3.05, 3.63) is 48.3 Å². The van der Waals surface area contributed by atoms with E-state index >= 15 is 0 Å². The average molecular weight is 224 g/mol. The lowest BCUT2D eigenvalue weighted by molar-refractivity contribution is 0.414. The molecule has 0 spiro atoms. The van der Waals surface area contributed by atoms with Crippen LogP contribution in [0.5, 0.6) is 5.75 Å². The van der Waals surface area contributed by atoms with E-state index in [4.69, 9.17) is 10.00 Å². The summed E-state index contributed by atoms with van der Waals surface area (Å²) >= 11 is 0. The molecular weight excluding hydrogens is 212 g/mol. The van der Waals surface area contributed by atoms with Gasteiger partial charge in [-0.15, -0.1) is 0 Å². The third-order valence-corrected chi connectivity index (χ3v) is 2.54. The zero-order valence-corrected chi connectivity index (χ0v) is 9.55. The highest BCUT2D eigenvalue weighted by Crippen LogP contribution is 2.32. The Balaban J connectivity index is 2.61. The molecule has 17 heavy (non-hydrogen) atoms. The van der Waals surface area contributed by atoms with Crippen molar-refractivity contribution in [1.29, 1.82) is 5.26 Å². The zero-order valence-electron chi connectivity index (χ0n) is 9.55. The van der Waals surface area contributed by atoms with Crippen molar-refractivity contribution in [3.8, 4) is 22.9 Å². The molecule has 0 aliphatic heterocycles. The molecule has 0 saturated carbocycles. The van der Waals surface area contributed by atoms with Crippen LogP contribution in [-0.2, 0) is 6.42 Å². The number of aromatic nitrogens is 1. The van der Waals surface area contributed by atoms with Crippen LogP contribution in [-0.4, -0.2) is 12.1 Å². The molecule has 0 fully saturated rings. The summed E-state index contributed by atoms with van der Waals surface area (Å²) in [5, 5.41) is 8.84. The minimum atomic E-state index is 0.328. The van der Waals surface area contributed by atoms with Gasteiger partial charge in [0, 0.05) is 11.8 Å². The highest BCUT2D eigenvalue weighted by Gasteiger charge is 2.11. The Kier molecular flexibility index (Phi) is 3.37. The van der Waals surface area contributed by atoms with Gasteiger partial charge in [0.25, 0.3) is 0 Å². The second kappa shape index (κ2) is 5.13. The van der Waals surface area contributed by atoms with Crippen LogP contribution in [0.4, 0.5) is 0 Å². The summed E-state index contributed by atoms with van der Waals surface area (Å²) in [5.74, 6) is 0.698. The predicted molar refractivity (Wildman–Crippen MR) is 65.5 cm³/mol. The van der Waals surface area contributed by atoms with Crippen molar-refractivity contribution in [2.45, 2.75) is 6.42 Å². The Hall–Kier alpha value is -2.34. The molecule has 0 aliphatic rings. The third-order valence-electron chi connectivity index (χ3n) is 2.54. The number of nitrogens with zero attached hydrogens (tertiary/aromatic N) is 2. The Bertz CT molecular complexity index is 544. The summed E-state index contributed by atoms with van der Waals surface area (Å²) in [5.41, 5.74) is 2.87. The van der Waals surface area contributed by atoms with Crippen LogP contribution in [0.1, 0.15) is 5.56 Å². The first-order valence-corrected chi connectivity index (χ1v) is 5.30. The average Bonchev–Trinajstić information content (AvgIpc) is 2.40. The number of hydrogen-bond donors (Lipinski definition) is 0. The van der Waals surface area contributed by atoms with Crippen LogP contribution in [0, 0.1) is 11.3 Å². The van der Waals surface area contributed by atoms with Crippen LogP contribution in [0.2, 0.25) is 0 Å². The fourth-order valence-electron chi connectivity index (χ4n) is 1.79. The summed E-state index contributed by atoms with van der Waals surface area (Å²) in [6.45, 7) is 0. The molecule has 1 aromatic carbocycles. The first-order valence-electron chi connectivity index (χ1n) is 5.30. The molecule has 2 aromatic rings. The lowest BCUT2D eigenvalue weighted by atomic mass is 9.99. The summed E-state index contributed by atoms with van der Waals surface area (Å²) in [6, 6.07) is 12.0. The quantitative estimate of drug-likeness (QED) is 0.805. The van der Waals surface area contributed by atoms with Gasteiger partial charge in [-0.1, -0.05) is 30.3 Å². The van der Waals surface area contributed by atoms with Gasteiger partial charge >= 0.3 is 0 Å². The second-order valence-electron chi connectivity index (χ2n) is 3.58. The molecule has 0 aliphatic carbocycles. The maximum atomic E-state index is 8.84. The van der Waals surface area contributed by atoms with E-state index in [-0.39, 0.29) is 0 Å². The molecule has 84 valence electrons. The molecule has 0 saturated heterocycles. The molecular formula is C14H12N2O. The Morgan fingerprint density at radius 1 is 1.24 bits per heavy atom. The van der Waals surface area contributed by atoms with Gasteiger partial charge in [0.2, 0.25) is 0 Å². The Labute approximate surface area is 100 Å². The molecule has 0 atom stereocenters. The number of benzene rings is 1. The minimum absolute atomic E-state index is 0.328. The Morgan fingerprint density at radius 2 is 2.00 bits per heavy atom.